The molecule has 0 spiro atoms. The van der Waals surface area contributed by atoms with Crippen molar-refractivity contribution in [2.24, 2.45) is 0 Å². The zero-order valence-electron chi connectivity index (χ0n) is 9.94. The summed E-state index contributed by atoms with van der Waals surface area (Å²) in [4.78, 5) is 18.5. The fourth-order valence-corrected chi connectivity index (χ4v) is 2.25. The first kappa shape index (κ1) is 12.8. The lowest BCUT2D eigenvalue weighted by atomic mass is 10.2. The van der Waals surface area contributed by atoms with Gasteiger partial charge in [0.05, 0.1) is 0 Å². The van der Waals surface area contributed by atoms with Crippen LogP contribution in [-0.4, -0.2) is 9.97 Å². The van der Waals surface area contributed by atoms with Gasteiger partial charge in [0.1, 0.15) is 5.82 Å². The van der Waals surface area contributed by atoms with Crippen molar-refractivity contribution in [1.82, 2.24) is 9.97 Å². The second kappa shape index (κ2) is 5.82. The molecule has 3 nitrogen and oxygen atoms in total. The Morgan fingerprint density at radius 1 is 1.33 bits per heavy atom. The molecule has 2 aromatic rings. The third kappa shape index (κ3) is 3.20. The van der Waals surface area contributed by atoms with Crippen molar-refractivity contribution in [3.63, 3.8) is 0 Å². The zero-order chi connectivity index (χ0) is 13.0. The number of nitrogens with zero attached hydrogens (tertiary/aromatic N) is 1. The van der Waals surface area contributed by atoms with E-state index in [2.05, 4.69) is 9.97 Å². The summed E-state index contributed by atoms with van der Waals surface area (Å²) in [7, 11) is 0. The molecule has 0 amide bonds. The molecule has 0 atom stereocenters. The van der Waals surface area contributed by atoms with E-state index in [9.17, 15) is 9.18 Å². The number of aryl methyl sites for hydroxylation is 1. The summed E-state index contributed by atoms with van der Waals surface area (Å²) in [6.45, 7) is 1.91. The number of aromatic amines is 1. The molecule has 0 radical (unpaired) electrons. The minimum atomic E-state index is -0.248. The molecule has 0 bridgehead atoms. The molecule has 0 aliphatic heterocycles. The van der Waals surface area contributed by atoms with Crippen LogP contribution in [0.3, 0.4) is 0 Å². The summed E-state index contributed by atoms with van der Waals surface area (Å²) in [5.74, 6) is 0.400. The standard InChI is InChI=1S/C13H13FN2OS/c1-2-10-7-15-13(16-12(10)17)18-8-9-3-5-11(14)6-4-9/h3-7H,2,8H2,1H3,(H,15,16,17). The normalized spacial score (nSPS) is 10.6. The van der Waals surface area contributed by atoms with Crippen LogP contribution in [0.5, 0.6) is 0 Å². The molecule has 1 aromatic heterocycles. The van der Waals surface area contributed by atoms with Gasteiger partial charge in [0, 0.05) is 17.5 Å². The highest BCUT2D eigenvalue weighted by atomic mass is 32.2. The van der Waals surface area contributed by atoms with E-state index >= 15 is 0 Å². The van der Waals surface area contributed by atoms with E-state index < -0.39 is 0 Å². The maximum Gasteiger partial charge on any atom is 0.254 e. The molecule has 5 heteroatoms. The molecule has 2 rings (SSSR count). The van der Waals surface area contributed by atoms with Crippen molar-refractivity contribution >= 4 is 11.8 Å². The average Bonchev–Trinajstić information content (AvgIpc) is 2.38. The van der Waals surface area contributed by atoms with Crippen LogP contribution in [0.15, 0.2) is 40.4 Å². The van der Waals surface area contributed by atoms with Gasteiger partial charge >= 0.3 is 0 Å². The molecular formula is C13H13FN2OS. The fourth-order valence-electron chi connectivity index (χ4n) is 1.46. The minimum Gasteiger partial charge on any atom is -0.301 e. The van der Waals surface area contributed by atoms with Crippen molar-refractivity contribution < 1.29 is 4.39 Å². The van der Waals surface area contributed by atoms with Gasteiger partial charge in [0.25, 0.3) is 5.56 Å². The molecular weight excluding hydrogens is 251 g/mol. The van der Waals surface area contributed by atoms with Gasteiger partial charge in [-0.3, -0.25) is 4.79 Å². The highest BCUT2D eigenvalue weighted by Gasteiger charge is 2.02. The van der Waals surface area contributed by atoms with Crippen LogP contribution in [0.1, 0.15) is 18.1 Å². The Kier molecular flexibility index (Phi) is 4.15. The predicted octanol–water partition coefficient (Wildman–Crippen LogP) is 2.76. The van der Waals surface area contributed by atoms with Crippen LogP contribution in [0.25, 0.3) is 0 Å². The van der Waals surface area contributed by atoms with Gasteiger partial charge in [-0.25, -0.2) is 9.37 Å². The molecule has 1 heterocycles. The molecule has 0 saturated carbocycles. The second-order valence-electron chi connectivity index (χ2n) is 3.81. The number of halogens is 1. The topological polar surface area (TPSA) is 45.8 Å². The Morgan fingerprint density at radius 2 is 2.06 bits per heavy atom. The van der Waals surface area contributed by atoms with Crippen LogP contribution in [-0.2, 0) is 12.2 Å². The molecule has 0 aliphatic rings. The second-order valence-corrected chi connectivity index (χ2v) is 4.78. The average molecular weight is 264 g/mol. The van der Waals surface area contributed by atoms with Gasteiger partial charge in [-0.2, -0.15) is 0 Å². The molecule has 0 unspecified atom stereocenters. The Hall–Kier alpha value is -1.62. The molecule has 0 aliphatic carbocycles. The summed E-state index contributed by atoms with van der Waals surface area (Å²) in [6, 6.07) is 6.29. The van der Waals surface area contributed by atoms with Crippen molar-refractivity contribution in [2.75, 3.05) is 0 Å². The van der Waals surface area contributed by atoms with Crippen molar-refractivity contribution in [2.45, 2.75) is 24.3 Å². The fraction of sp³-hybridized carbons (Fsp3) is 0.231. The Balaban J connectivity index is 2.04. The van der Waals surface area contributed by atoms with E-state index in [1.54, 1.807) is 18.3 Å². The van der Waals surface area contributed by atoms with Crippen LogP contribution in [0.2, 0.25) is 0 Å². The number of rotatable bonds is 4. The lowest BCUT2D eigenvalue weighted by Gasteiger charge is -2.02. The van der Waals surface area contributed by atoms with E-state index in [-0.39, 0.29) is 11.4 Å². The molecule has 0 fully saturated rings. The summed E-state index contributed by atoms with van der Waals surface area (Å²) in [5, 5.41) is 0.585. The van der Waals surface area contributed by atoms with Crippen LogP contribution >= 0.6 is 11.8 Å². The quantitative estimate of drug-likeness (QED) is 0.682. The van der Waals surface area contributed by atoms with Crippen LogP contribution in [0, 0.1) is 5.82 Å². The summed E-state index contributed by atoms with van der Waals surface area (Å²) in [6.07, 6.45) is 2.27. The number of benzene rings is 1. The monoisotopic (exact) mass is 264 g/mol. The maximum atomic E-state index is 12.7. The molecule has 1 N–H and O–H groups in total. The number of hydrogen-bond acceptors (Lipinski definition) is 3. The molecule has 0 saturated heterocycles. The molecule has 94 valence electrons. The first-order valence-corrected chi connectivity index (χ1v) is 6.63. The van der Waals surface area contributed by atoms with Gasteiger partial charge in [-0.15, -0.1) is 0 Å². The van der Waals surface area contributed by atoms with Crippen molar-refractivity contribution in [1.29, 1.82) is 0 Å². The van der Waals surface area contributed by atoms with Crippen LogP contribution < -0.4 is 5.56 Å². The lowest BCUT2D eigenvalue weighted by Crippen LogP contribution is -2.13. The van der Waals surface area contributed by atoms with E-state index in [0.717, 1.165) is 5.56 Å². The summed E-state index contributed by atoms with van der Waals surface area (Å²) in [5.41, 5.74) is 1.58. The van der Waals surface area contributed by atoms with Gasteiger partial charge in [-0.1, -0.05) is 30.8 Å². The summed E-state index contributed by atoms with van der Waals surface area (Å²) >= 11 is 1.42. The zero-order valence-corrected chi connectivity index (χ0v) is 10.8. The molecule has 1 aromatic carbocycles. The Bertz CT molecular complexity index is 580. The highest BCUT2D eigenvalue weighted by molar-refractivity contribution is 7.98. The number of H-pyrrole nitrogens is 1. The Labute approximate surface area is 108 Å². The van der Waals surface area contributed by atoms with E-state index in [1.165, 1.54) is 23.9 Å². The van der Waals surface area contributed by atoms with Gasteiger partial charge < -0.3 is 4.98 Å². The first-order chi connectivity index (χ1) is 8.69. The number of hydrogen-bond donors (Lipinski definition) is 1. The van der Waals surface area contributed by atoms with Gasteiger partial charge in [-0.05, 0) is 24.1 Å². The highest BCUT2D eigenvalue weighted by Crippen LogP contribution is 2.18. The third-order valence-corrected chi connectivity index (χ3v) is 3.48. The third-order valence-electron chi connectivity index (χ3n) is 2.52. The smallest absolute Gasteiger partial charge is 0.254 e. The lowest BCUT2D eigenvalue weighted by molar-refractivity contribution is 0.627. The predicted molar refractivity (Wildman–Crippen MR) is 70.2 cm³/mol. The number of aromatic nitrogens is 2. The van der Waals surface area contributed by atoms with Crippen molar-refractivity contribution in [3.8, 4) is 0 Å². The van der Waals surface area contributed by atoms with Crippen LogP contribution in [0.4, 0.5) is 4.39 Å². The van der Waals surface area contributed by atoms with Gasteiger partial charge in [0.2, 0.25) is 0 Å². The minimum absolute atomic E-state index is 0.0888. The number of thioether (sulfide) groups is 1. The van der Waals surface area contributed by atoms with E-state index in [4.69, 9.17) is 0 Å². The summed E-state index contributed by atoms with van der Waals surface area (Å²) < 4.78 is 12.7. The maximum absolute atomic E-state index is 12.7. The Morgan fingerprint density at radius 3 is 2.67 bits per heavy atom. The van der Waals surface area contributed by atoms with Gasteiger partial charge in [0.15, 0.2) is 5.16 Å². The SMILES string of the molecule is CCc1cnc(SCc2ccc(F)cc2)[nH]c1=O. The van der Waals surface area contributed by atoms with E-state index in [0.29, 0.717) is 22.9 Å². The van der Waals surface area contributed by atoms with Crippen molar-refractivity contribution in [3.05, 3.63) is 57.8 Å². The first-order valence-electron chi connectivity index (χ1n) is 5.64. The largest absolute Gasteiger partial charge is 0.301 e. The number of nitrogens with one attached hydrogen (secondary N) is 1. The molecule has 18 heavy (non-hydrogen) atoms. The van der Waals surface area contributed by atoms with E-state index in [1.807, 2.05) is 6.92 Å².